The van der Waals surface area contributed by atoms with Gasteiger partial charge in [0.05, 0.1) is 17.4 Å². The molecule has 0 radical (unpaired) electrons. The lowest BCUT2D eigenvalue weighted by Crippen LogP contribution is -2.19. The Morgan fingerprint density at radius 2 is 2.05 bits per heavy atom. The molecule has 0 aliphatic heterocycles. The highest BCUT2D eigenvalue weighted by Crippen LogP contribution is 2.20. The molecule has 106 valence electrons. The molecule has 21 heavy (non-hydrogen) atoms. The second kappa shape index (κ2) is 5.28. The first-order valence-corrected chi connectivity index (χ1v) is 6.70. The molecule has 0 unspecified atom stereocenters. The van der Waals surface area contributed by atoms with Gasteiger partial charge in [0.2, 0.25) is 5.91 Å². The number of nitrogen functional groups attached to an aromatic ring is 1. The highest BCUT2D eigenvalue weighted by atomic mass is 16.1. The number of anilines is 2. The molecule has 0 saturated carbocycles. The van der Waals surface area contributed by atoms with E-state index in [0.29, 0.717) is 5.69 Å². The zero-order valence-electron chi connectivity index (χ0n) is 11.7. The van der Waals surface area contributed by atoms with Crippen LogP contribution in [-0.2, 0) is 11.3 Å². The maximum atomic E-state index is 12.2. The van der Waals surface area contributed by atoms with E-state index >= 15 is 0 Å². The van der Waals surface area contributed by atoms with Crippen molar-refractivity contribution in [3.63, 3.8) is 0 Å². The van der Waals surface area contributed by atoms with Crippen molar-refractivity contribution < 1.29 is 4.79 Å². The molecule has 0 spiro atoms. The zero-order valence-corrected chi connectivity index (χ0v) is 11.7. The number of nitrogens with zero attached hydrogens (tertiary/aromatic N) is 2. The van der Waals surface area contributed by atoms with E-state index in [1.54, 1.807) is 6.33 Å². The van der Waals surface area contributed by atoms with Gasteiger partial charge in [0, 0.05) is 11.4 Å². The summed E-state index contributed by atoms with van der Waals surface area (Å²) in [4.78, 5) is 16.5. The van der Waals surface area contributed by atoms with Gasteiger partial charge in [0.15, 0.2) is 0 Å². The third-order valence-electron chi connectivity index (χ3n) is 3.49. The Morgan fingerprint density at radius 1 is 1.24 bits per heavy atom. The van der Waals surface area contributed by atoms with E-state index in [1.165, 1.54) is 0 Å². The number of para-hydroxylation sites is 2. The largest absolute Gasteiger partial charge is 0.398 e. The molecule has 3 aromatic rings. The summed E-state index contributed by atoms with van der Waals surface area (Å²) < 4.78 is 1.83. The Bertz CT molecular complexity index is 807. The van der Waals surface area contributed by atoms with Gasteiger partial charge in [-0.15, -0.1) is 0 Å². The van der Waals surface area contributed by atoms with E-state index in [9.17, 15) is 4.79 Å². The highest BCUT2D eigenvalue weighted by Gasteiger charge is 2.09. The summed E-state index contributed by atoms with van der Waals surface area (Å²) in [7, 11) is 0. The molecule has 1 heterocycles. The van der Waals surface area contributed by atoms with Gasteiger partial charge in [-0.05, 0) is 36.8 Å². The van der Waals surface area contributed by atoms with Crippen molar-refractivity contribution in [1.82, 2.24) is 9.55 Å². The van der Waals surface area contributed by atoms with Crippen molar-refractivity contribution in [2.24, 2.45) is 0 Å². The Kier molecular flexibility index (Phi) is 3.31. The van der Waals surface area contributed by atoms with Gasteiger partial charge in [0.1, 0.15) is 6.54 Å². The highest BCUT2D eigenvalue weighted by molar-refractivity contribution is 5.93. The maximum Gasteiger partial charge on any atom is 0.244 e. The number of carbonyl (C=O) groups excluding carboxylic acids is 1. The molecule has 0 saturated heterocycles. The second-order valence-electron chi connectivity index (χ2n) is 4.93. The molecule has 1 aromatic heterocycles. The number of imidazole rings is 1. The Hall–Kier alpha value is -2.82. The number of nitrogens with two attached hydrogens (primary N) is 1. The molecule has 0 aliphatic carbocycles. The molecule has 5 heteroatoms. The van der Waals surface area contributed by atoms with Gasteiger partial charge < -0.3 is 15.6 Å². The molecule has 1 amide bonds. The number of fused-ring (bicyclic) bond motifs is 1. The van der Waals surface area contributed by atoms with Crippen molar-refractivity contribution in [1.29, 1.82) is 0 Å². The van der Waals surface area contributed by atoms with E-state index in [4.69, 9.17) is 5.73 Å². The average molecular weight is 280 g/mol. The number of hydrogen-bond donors (Lipinski definition) is 2. The van der Waals surface area contributed by atoms with Crippen LogP contribution in [0.15, 0.2) is 48.8 Å². The third-order valence-corrected chi connectivity index (χ3v) is 3.49. The van der Waals surface area contributed by atoms with E-state index in [1.807, 2.05) is 54.0 Å². The van der Waals surface area contributed by atoms with Crippen LogP contribution in [-0.4, -0.2) is 15.5 Å². The molecule has 0 atom stereocenters. The predicted molar refractivity (Wildman–Crippen MR) is 84.0 cm³/mol. The van der Waals surface area contributed by atoms with Crippen LogP contribution in [0.4, 0.5) is 11.4 Å². The number of benzene rings is 2. The van der Waals surface area contributed by atoms with Gasteiger partial charge >= 0.3 is 0 Å². The fourth-order valence-corrected chi connectivity index (χ4v) is 2.27. The Balaban J connectivity index is 1.79. The number of carbonyl (C=O) groups is 1. The van der Waals surface area contributed by atoms with Crippen molar-refractivity contribution in [3.05, 3.63) is 54.4 Å². The van der Waals surface area contributed by atoms with Crippen LogP contribution in [0.25, 0.3) is 11.0 Å². The van der Waals surface area contributed by atoms with Gasteiger partial charge in [-0.25, -0.2) is 4.98 Å². The van der Waals surface area contributed by atoms with Crippen molar-refractivity contribution in [2.75, 3.05) is 11.1 Å². The second-order valence-corrected chi connectivity index (χ2v) is 4.93. The molecule has 0 fully saturated rings. The van der Waals surface area contributed by atoms with Gasteiger partial charge in [-0.3, -0.25) is 4.79 Å². The topological polar surface area (TPSA) is 72.9 Å². The van der Waals surface area contributed by atoms with Gasteiger partial charge in [0.25, 0.3) is 0 Å². The number of rotatable bonds is 3. The molecule has 3 N–H and O–H groups in total. The monoisotopic (exact) mass is 280 g/mol. The summed E-state index contributed by atoms with van der Waals surface area (Å²) in [5.41, 5.74) is 9.95. The fraction of sp³-hybridized carbons (Fsp3) is 0.125. The van der Waals surface area contributed by atoms with E-state index in [0.717, 1.165) is 22.3 Å². The number of aromatic nitrogens is 2. The Morgan fingerprint density at radius 3 is 2.90 bits per heavy atom. The number of nitrogens with one attached hydrogen (secondary N) is 1. The van der Waals surface area contributed by atoms with Crippen LogP contribution >= 0.6 is 0 Å². The van der Waals surface area contributed by atoms with Crippen LogP contribution in [0.1, 0.15) is 5.56 Å². The normalized spacial score (nSPS) is 10.7. The van der Waals surface area contributed by atoms with Crippen LogP contribution in [0.2, 0.25) is 0 Å². The lowest BCUT2D eigenvalue weighted by Gasteiger charge is -2.10. The van der Waals surface area contributed by atoms with Crippen molar-refractivity contribution in [2.45, 2.75) is 13.5 Å². The van der Waals surface area contributed by atoms with Gasteiger partial charge in [-0.1, -0.05) is 18.2 Å². The summed E-state index contributed by atoms with van der Waals surface area (Å²) in [6.07, 6.45) is 1.68. The van der Waals surface area contributed by atoms with Crippen molar-refractivity contribution in [3.8, 4) is 0 Å². The fourth-order valence-electron chi connectivity index (χ4n) is 2.27. The summed E-state index contributed by atoms with van der Waals surface area (Å²) in [6, 6.07) is 13.2. The molecule has 0 bridgehead atoms. The van der Waals surface area contributed by atoms with Crippen LogP contribution in [0, 0.1) is 6.92 Å². The molecule has 2 aromatic carbocycles. The summed E-state index contributed by atoms with van der Waals surface area (Å²) in [6.45, 7) is 2.10. The van der Waals surface area contributed by atoms with E-state index in [2.05, 4.69) is 10.3 Å². The minimum atomic E-state index is -0.105. The first-order chi connectivity index (χ1) is 10.1. The summed E-state index contributed by atoms with van der Waals surface area (Å²) in [5.74, 6) is -0.105. The lowest BCUT2D eigenvalue weighted by molar-refractivity contribution is -0.116. The number of amides is 1. The van der Waals surface area contributed by atoms with Gasteiger partial charge in [-0.2, -0.15) is 0 Å². The van der Waals surface area contributed by atoms with E-state index in [-0.39, 0.29) is 12.5 Å². The molecule has 0 aliphatic rings. The smallest absolute Gasteiger partial charge is 0.244 e. The molecule has 5 nitrogen and oxygen atoms in total. The average Bonchev–Trinajstić information content (AvgIpc) is 2.87. The van der Waals surface area contributed by atoms with Crippen LogP contribution < -0.4 is 11.1 Å². The first-order valence-electron chi connectivity index (χ1n) is 6.70. The van der Waals surface area contributed by atoms with Crippen LogP contribution in [0.5, 0.6) is 0 Å². The number of hydrogen-bond acceptors (Lipinski definition) is 3. The predicted octanol–water partition coefficient (Wildman–Crippen LogP) is 2.57. The minimum Gasteiger partial charge on any atom is -0.398 e. The lowest BCUT2D eigenvalue weighted by atomic mass is 10.1. The standard InChI is InChI=1S/C16H16N4O/c1-11-12(17)5-4-7-13(11)19-16(21)9-20-10-18-14-6-2-3-8-15(14)20/h2-8,10H,9,17H2,1H3,(H,19,21). The minimum absolute atomic E-state index is 0.105. The zero-order chi connectivity index (χ0) is 14.8. The summed E-state index contributed by atoms with van der Waals surface area (Å²) in [5, 5.41) is 2.89. The maximum absolute atomic E-state index is 12.2. The first kappa shape index (κ1) is 13.2. The molecule has 3 rings (SSSR count). The molecular formula is C16H16N4O. The Labute approximate surface area is 122 Å². The quantitative estimate of drug-likeness (QED) is 0.724. The van der Waals surface area contributed by atoms with Crippen LogP contribution in [0.3, 0.4) is 0 Å². The van der Waals surface area contributed by atoms with Crippen molar-refractivity contribution >= 4 is 28.3 Å². The molecular weight excluding hydrogens is 264 g/mol. The third kappa shape index (κ3) is 2.58. The summed E-state index contributed by atoms with van der Waals surface area (Å²) >= 11 is 0. The SMILES string of the molecule is Cc1c(N)cccc1NC(=O)Cn1cnc2ccccc21. The van der Waals surface area contributed by atoms with E-state index < -0.39 is 0 Å².